The molecule has 3 atom stereocenters. The Bertz CT molecular complexity index is 536. The molecule has 1 fully saturated rings. The molecule has 2 rings (SSSR count). The fourth-order valence-electron chi connectivity index (χ4n) is 2.92. The number of hydrogen-bond acceptors (Lipinski definition) is 2. The molecule has 0 aromatic heterocycles. The molecule has 1 aliphatic carbocycles. The average Bonchev–Trinajstić information content (AvgIpc) is 2.44. The molecule has 1 aromatic carbocycles. The highest BCUT2D eigenvalue weighted by Crippen LogP contribution is 2.30. The summed E-state index contributed by atoms with van der Waals surface area (Å²) < 4.78 is 27.8. The molecule has 1 N–H and O–H groups in total. The first-order valence-corrected chi connectivity index (χ1v) is 9.03. The molecule has 0 saturated heterocycles. The van der Waals surface area contributed by atoms with Gasteiger partial charge in [-0.1, -0.05) is 45.7 Å². The second-order valence-electron chi connectivity index (χ2n) is 5.99. The van der Waals surface area contributed by atoms with Gasteiger partial charge in [-0.05, 0) is 42.4 Å². The van der Waals surface area contributed by atoms with Crippen LogP contribution in [0.15, 0.2) is 29.2 Å². The predicted octanol–water partition coefficient (Wildman–Crippen LogP) is 3.35. The summed E-state index contributed by atoms with van der Waals surface area (Å²) in [5.74, 6) is 0.979. The second-order valence-corrected chi connectivity index (χ2v) is 7.71. The average molecular weight is 295 g/mol. The molecule has 20 heavy (non-hydrogen) atoms. The van der Waals surface area contributed by atoms with Gasteiger partial charge in [-0.2, -0.15) is 0 Å². The Morgan fingerprint density at radius 1 is 1.15 bits per heavy atom. The van der Waals surface area contributed by atoms with E-state index in [0.717, 1.165) is 24.8 Å². The molecular formula is C16H25NO2S. The molecule has 1 aromatic rings. The Labute approximate surface area is 122 Å². The molecular weight excluding hydrogens is 270 g/mol. The van der Waals surface area contributed by atoms with Gasteiger partial charge in [-0.15, -0.1) is 0 Å². The number of hydrogen-bond donors (Lipinski definition) is 1. The van der Waals surface area contributed by atoms with Crippen molar-refractivity contribution in [3.63, 3.8) is 0 Å². The summed E-state index contributed by atoms with van der Waals surface area (Å²) in [4.78, 5) is 0.375. The van der Waals surface area contributed by atoms with Crippen LogP contribution in [0, 0.1) is 11.8 Å². The molecule has 0 radical (unpaired) electrons. The van der Waals surface area contributed by atoms with E-state index in [1.54, 1.807) is 12.1 Å². The number of nitrogens with one attached hydrogen (secondary N) is 1. The lowest BCUT2D eigenvalue weighted by molar-refractivity contribution is 0.227. The molecule has 1 aliphatic rings. The normalized spacial score (nSPS) is 27.4. The fourth-order valence-corrected chi connectivity index (χ4v) is 4.28. The van der Waals surface area contributed by atoms with Crippen LogP contribution in [-0.4, -0.2) is 14.5 Å². The topological polar surface area (TPSA) is 46.2 Å². The van der Waals surface area contributed by atoms with Gasteiger partial charge in [0.15, 0.2) is 0 Å². The van der Waals surface area contributed by atoms with Gasteiger partial charge in [0, 0.05) is 6.04 Å². The van der Waals surface area contributed by atoms with Crippen LogP contribution in [-0.2, 0) is 16.4 Å². The number of rotatable bonds is 4. The highest BCUT2D eigenvalue weighted by atomic mass is 32.2. The lowest BCUT2D eigenvalue weighted by atomic mass is 9.78. The molecule has 0 bridgehead atoms. The highest BCUT2D eigenvalue weighted by molar-refractivity contribution is 7.89. The van der Waals surface area contributed by atoms with Gasteiger partial charge < -0.3 is 0 Å². The van der Waals surface area contributed by atoms with Gasteiger partial charge >= 0.3 is 0 Å². The lowest BCUT2D eigenvalue weighted by Gasteiger charge is -2.34. The van der Waals surface area contributed by atoms with Crippen LogP contribution in [0.4, 0.5) is 0 Å². The minimum Gasteiger partial charge on any atom is -0.208 e. The minimum atomic E-state index is -3.39. The van der Waals surface area contributed by atoms with Gasteiger partial charge in [-0.25, -0.2) is 13.1 Å². The van der Waals surface area contributed by atoms with Crippen molar-refractivity contribution >= 4 is 10.0 Å². The Kier molecular flexibility index (Phi) is 4.86. The third-order valence-electron chi connectivity index (χ3n) is 4.66. The summed E-state index contributed by atoms with van der Waals surface area (Å²) in [6.45, 7) is 6.42. The van der Waals surface area contributed by atoms with E-state index in [2.05, 4.69) is 25.5 Å². The van der Waals surface area contributed by atoms with Crippen molar-refractivity contribution in [1.29, 1.82) is 0 Å². The van der Waals surface area contributed by atoms with Crippen LogP contribution in [0.2, 0.25) is 0 Å². The zero-order valence-electron chi connectivity index (χ0n) is 12.6. The van der Waals surface area contributed by atoms with E-state index in [-0.39, 0.29) is 6.04 Å². The number of aryl methyl sites for hydroxylation is 1. The molecule has 0 amide bonds. The molecule has 0 aliphatic heterocycles. The van der Waals surface area contributed by atoms with Gasteiger partial charge in [-0.3, -0.25) is 0 Å². The molecule has 112 valence electrons. The summed E-state index contributed by atoms with van der Waals surface area (Å²) in [6.07, 6.45) is 4.17. The molecule has 0 spiro atoms. The van der Waals surface area contributed by atoms with E-state index in [9.17, 15) is 8.42 Å². The zero-order valence-corrected chi connectivity index (χ0v) is 13.4. The maximum atomic E-state index is 12.4. The van der Waals surface area contributed by atoms with E-state index < -0.39 is 10.0 Å². The monoisotopic (exact) mass is 295 g/mol. The fraction of sp³-hybridized carbons (Fsp3) is 0.625. The highest BCUT2D eigenvalue weighted by Gasteiger charge is 2.30. The van der Waals surface area contributed by atoms with E-state index >= 15 is 0 Å². The Balaban J connectivity index is 2.13. The molecule has 0 unspecified atom stereocenters. The van der Waals surface area contributed by atoms with Crippen molar-refractivity contribution in [2.45, 2.75) is 57.4 Å². The van der Waals surface area contributed by atoms with Gasteiger partial charge in [0.25, 0.3) is 0 Å². The van der Waals surface area contributed by atoms with Gasteiger partial charge in [0.2, 0.25) is 10.0 Å². The first-order chi connectivity index (χ1) is 9.44. The third kappa shape index (κ3) is 3.41. The van der Waals surface area contributed by atoms with Gasteiger partial charge in [0.05, 0.1) is 4.90 Å². The summed E-state index contributed by atoms with van der Waals surface area (Å²) in [5.41, 5.74) is 1.16. The molecule has 3 nitrogen and oxygen atoms in total. The van der Waals surface area contributed by atoms with Crippen LogP contribution >= 0.6 is 0 Å². The lowest BCUT2D eigenvalue weighted by Crippen LogP contribution is -2.43. The number of benzene rings is 1. The summed E-state index contributed by atoms with van der Waals surface area (Å²) in [7, 11) is -3.39. The maximum Gasteiger partial charge on any atom is 0.240 e. The number of sulfonamides is 1. The Morgan fingerprint density at radius 2 is 1.80 bits per heavy atom. The van der Waals surface area contributed by atoms with Crippen LogP contribution in [0.25, 0.3) is 0 Å². The van der Waals surface area contributed by atoms with E-state index in [1.807, 2.05) is 12.1 Å². The largest absolute Gasteiger partial charge is 0.240 e. The Morgan fingerprint density at radius 3 is 2.40 bits per heavy atom. The molecule has 0 heterocycles. The summed E-state index contributed by atoms with van der Waals surface area (Å²) in [5, 5.41) is 0. The SMILES string of the molecule is CCc1ccc(S(=O)(=O)N[C@@H]2CCC[C@H](C)[C@H]2C)cc1. The van der Waals surface area contributed by atoms with Gasteiger partial charge in [0.1, 0.15) is 0 Å². The maximum absolute atomic E-state index is 12.4. The standard InChI is InChI=1S/C16H25NO2S/c1-4-14-8-10-15(11-9-14)20(18,19)17-16-7-5-6-12(2)13(16)3/h8-13,16-17H,4-7H2,1-3H3/t12-,13+,16+/m0/s1. The molecule has 1 saturated carbocycles. The van der Waals surface area contributed by atoms with Crippen molar-refractivity contribution in [2.24, 2.45) is 11.8 Å². The van der Waals surface area contributed by atoms with Crippen LogP contribution < -0.4 is 4.72 Å². The minimum absolute atomic E-state index is 0.0644. The summed E-state index contributed by atoms with van der Waals surface area (Å²) in [6, 6.07) is 7.26. The van der Waals surface area contributed by atoms with Crippen LogP contribution in [0.5, 0.6) is 0 Å². The quantitative estimate of drug-likeness (QED) is 0.926. The second kappa shape index (κ2) is 6.27. The van der Waals surface area contributed by atoms with Crippen molar-refractivity contribution in [2.75, 3.05) is 0 Å². The van der Waals surface area contributed by atoms with Crippen molar-refractivity contribution in [3.8, 4) is 0 Å². The van der Waals surface area contributed by atoms with E-state index in [0.29, 0.717) is 16.7 Å². The zero-order chi connectivity index (χ0) is 14.8. The smallest absolute Gasteiger partial charge is 0.208 e. The first-order valence-electron chi connectivity index (χ1n) is 7.55. The summed E-state index contributed by atoms with van der Waals surface area (Å²) >= 11 is 0. The first kappa shape index (κ1) is 15.5. The third-order valence-corrected chi connectivity index (χ3v) is 6.16. The van der Waals surface area contributed by atoms with Crippen molar-refractivity contribution < 1.29 is 8.42 Å². The molecule has 4 heteroatoms. The predicted molar refractivity (Wildman–Crippen MR) is 82.1 cm³/mol. The van der Waals surface area contributed by atoms with Crippen LogP contribution in [0.1, 0.15) is 45.6 Å². The van der Waals surface area contributed by atoms with E-state index in [1.165, 1.54) is 6.42 Å². The van der Waals surface area contributed by atoms with Crippen molar-refractivity contribution in [3.05, 3.63) is 29.8 Å². The Hall–Kier alpha value is -0.870. The van der Waals surface area contributed by atoms with E-state index in [4.69, 9.17) is 0 Å². The van der Waals surface area contributed by atoms with Crippen molar-refractivity contribution in [1.82, 2.24) is 4.72 Å². The van der Waals surface area contributed by atoms with Crippen LogP contribution in [0.3, 0.4) is 0 Å².